The molecule has 0 bridgehead atoms. The van der Waals surface area contributed by atoms with Crippen molar-refractivity contribution in [2.24, 2.45) is 11.7 Å². The predicted molar refractivity (Wildman–Crippen MR) is 95.1 cm³/mol. The highest BCUT2D eigenvalue weighted by atomic mass is 35.5. The number of aromatic nitrogens is 3. The van der Waals surface area contributed by atoms with E-state index in [0.29, 0.717) is 24.7 Å². The van der Waals surface area contributed by atoms with Crippen LogP contribution in [0, 0.1) is 5.92 Å². The number of halogens is 1. The summed E-state index contributed by atoms with van der Waals surface area (Å²) < 4.78 is 1.69. The van der Waals surface area contributed by atoms with E-state index in [4.69, 9.17) is 5.73 Å². The minimum atomic E-state index is -0.158. The summed E-state index contributed by atoms with van der Waals surface area (Å²) >= 11 is 0. The lowest BCUT2D eigenvalue weighted by Gasteiger charge is -2.30. The molecule has 0 radical (unpaired) electrons. The van der Waals surface area contributed by atoms with Crippen molar-refractivity contribution in [3.63, 3.8) is 0 Å². The predicted octanol–water partition coefficient (Wildman–Crippen LogP) is 2.00. The summed E-state index contributed by atoms with van der Waals surface area (Å²) in [6, 6.07) is 10.1. The van der Waals surface area contributed by atoms with Crippen molar-refractivity contribution in [2.45, 2.75) is 38.3 Å². The summed E-state index contributed by atoms with van der Waals surface area (Å²) in [5, 5.41) is 11.1. The Morgan fingerprint density at radius 2 is 2.00 bits per heavy atom. The summed E-state index contributed by atoms with van der Waals surface area (Å²) in [6.07, 6.45) is 6.11. The maximum Gasteiger partial charge on any atom is 0.273 e. The standard InChI is InChI=1S/C17H23N5O.ClH/c18-10-14-8-4-5-9-15(14)19-17(23)16-12-22(21-20-16)11-13-6-2-1-3-7-13;/h1-3,6-7,12,14-15H,4-5,8-11,18H2,(H,19,23);1H. The lowest BCUT2D eigenvalue weighted by Crippen LogP contribution is -2.44. The second-order valence-corrected chi connectivity index (χ2v) is 6.15. The van der Waals surface area contributed by atoms with Gasteiger partial charge in [0.1, 0.15) is 0 Å². The molecule has 1 heterocycles. The molecule has 1 aromatic carbocycles. The molecule has 6 nitrogen and oxygen atoms in total. The van der Waals surface area contributed by atoms with Crippen LogP contribution in [0.1, 0.15) is 41.7 Å². The molecular formula is C17H24ClN5O. The molecule has 24 heavy (non-hydrogen) atoms. The number of carbonyl (C=O) groups excluding carboxylic acids is 1. The number of hydrogen-bond donors (Lipinski definition) is 2. The molecule has 7 heteroatoms. The van der Waals surface area contributed by atoms with Gasteiger partial charge in [-0.05, 0) is 30.9 Å². The molecule has 3 N–H and O–H groups in total. The monoisotopic (exact) mass is 349 g/mol. The zero-order valence-electron chi connectivity index (χ0n) is 13.6. The summed E-state index contributed by atoms with van der Waals surface area (Å²) in [5.74, 6) is 0.210. The van der Waals surface area contributed by atoms with Crippen LogP contribution in [-0.2, 0) is 6.54 Å². The van der Waals surface area contributed by atoms with Crippen LogP contribution >= 0.6 is 12.4 Å². The number of nitrogens with two attached hydrogens (primary N) is 1. The van der Waals surface area contributed by atoms with Crippen LogP contribution in [0.15, 0.2) is 36.5 Å². The molecule has 130 valence electrons. The molecule has 1 aromatic heterocycles. The Morgan fingerprint density at radius 3 is 2.75 bits per heavy atom. The minimum absolute atomic E-state index is 0. The van der Waals surface area contributed by atoms with Gasteiger partial charge in [-0.3, -0.25) is 4.79 Å². The van der Waals surface area contributed by atoms with Gasteiger partial charge in [0.15, 0.2) is 5.69 Å². The van der Waals surface area contributed by atoms with Gasteiger partial charge >= 0.3 is 0 Å². The summed E-state index contributed by atoms with van der Waals surface area (Å²) in [7, 11) is 0. The van der Waals surface area contributed by atoms with E-state index >= 15 is 0 Å². The van der Waals surface area contributed by atoms with E-state index in [2.05, 4.69) is 15.6 Å². The van der Waals surface area contributed by atoms with E-state index < -0.39 is 0 Å². The number of benzene rings is 1. The fraction of sp³-hybridized carbons (Fsp3) is 0.471. The third kappa shape index (κ3) is 4.55. The van der Waals surface area contributed by atoms with Gasteiger partial charge in [-0.1, -0.05) is 48.4 Å². The van der Waals surface area contributed by atoms with Gasteiger partial charge in [-0.15, -0.1) is 17.5 Å². The average Bonchev–Trinajstić information content (AvgIpc) is 3.05. The van der Waals surface area contributed by atoms with E-state index in [1.807, 2.05) is 30.3 Å². The second kappa shape index (κ2) is 8.80. The van der Waals surface area contributed by atoms with Gasteiger partial charge in [0, 0.05) is 6.04 Å². The maximum absolute atomic E-state index is 12.4. The summed E-state index contributed by atoms with van der Waals surface area (Å²) in [5.41, 5.74) is 7.30. The van der Waals surface area contributed by atoms with Crippen LogP contribution < -0.4 is 11.1 Å². The molecule has 2 atom stereocenters. The van der Waals surface area contributed by atoms with Crippen molar-refractivity contribution >= 4 is 18.3 Å². The molecule has 2 unspecified atom stereocenters. The smallest absolute Gasteiger partial charge is 0.273 e. The quantitative estimate of drug-likeness (QED) is 0.864. The topological polar surface area (TPSA) is 85.8 Å². The third-order valence-corrected chi connectivity index (χ3v) is 4.49. The fourth-order valence-corrected chi connectivity index (χ4v) is 3.17. The first-order valence-electron chi connectivity index (χ1n) is 8.21. The van der Waals surface area contributed by atoms with Crippen molar-refractivity contribution < 1.29 is 4.79 Å². The first-order chi connectivity index (χ1) is 11.3. The Bertz CT molecular complexity index is 645. The largest absolute Gasteiger partial charge is 0.348 e. The Balaban J connectivity index is 0.00000208. The highest BCUT2D eigenvalue weighted by Crippen LogP contribution is 2.23. The molecule has 1 saturated carbocycles. The van der Waals surface area contributed by atoms with Crippen molar-refractivity contribution in [1.82, 2.24) is 20.3 Å². The molecule has 0 aliphatic heterocycles. The molecular weight excluding hydrogens is 326 g/mol. The Hall–Kier alpha value is -1.92. The van der Waals surface area contributed by atoms with Crippen molar-refractivity contribution in [3.05, 3.63) is 47.8 Å². The number of nitrogens with one attached hydrogen (secondary N) is 1. The number of amides is 1. The zero-order chi connectivity index (χ0) is 16.1. The number of carbonyl (C=O) groups is 1. The zero-order valence-corrected chi connectivity index (χ0v) is 14.4. The number of rotatable bonds is 5. The van der Waals surface area contributed by atoms with Gasteiger partial charge in [0.25, 0.3) is 5.91 Å². The number of hydrogen-bond acceptors (Lipinski definition) is 4. The molecule has 1 amide bonds. The first kappa shape index (κ1) is 18.4. The van der Waals surface area contributed by atoms with Crippen LogP contribution in [0.25, 0.3) is 0 Å². The van der Waals surface area contributed by atoms with Crippen molar-refractivity contribution in [3.8, 4) is 0 Å². The van der Waals surface area contributed by atoms with E-state index in [1.165, 1.54) is 6.42 Å². The molecule has 2 aromatic rings. The van der Waals surface area contributed by atoms with Crippen molar-refractivity contribution in [2.75, 3.05) is 6.54 Å². The van der Waals surface area contributed by atoms with Crippen LogP contribution in [0.4, 0.5) is 0 Å². The van der Waals surface area contributed by atoms with Gasteiger partial charge in [0.2, 0.25) is 0 Å². The van der Waals surface area contributed by atoms with Crippen LogP contribution in [0.2, 0.25) is 0 Å². The normalized spacial score (nSPS) is 20.2. The van der Waals surface area contributed by atoms with Gasteiger partial charge < -0.3 is 11.1 Å². The first-order valence-corrected chi connectivity index (χ1v) is 8.21. The van der Waals surface area contributed by atoms with Crippen LogP contribution in [0.3, 0.4) is 0 Å². The van der Waals surface area contributed by atoms with Crippen molar-refractivity contribution in [1.29, 1.82) is 0 Å². The summed E-state index contributed by atoms with van der Waals surface area (Å²) in [4.78, 5) is 12.4. The van der Waals surface area contributed by atoms with E-state index in [1.54, 1.807) is 10.9 Å². The molecule has 1 fully saturated rings. The molecule has 3 rings (SSSR count). The highest BCUT2D eigenvalue weighted by Gasteiger charge is 2.26. The minimum Gasteiger partial charge on any atom is -0.348 e. The average molecular weight is 350 g/mol. The second-order valence-electron chi connectivity index (χ2n) is 6.15. The fourth-order valence-electron chi connectivity index (χ4n) is 3.17. The lowest BCUT2D eigenvalue weighted by atomic mass is 9.84. The Morgan fingerprint density at radius 1 is 1.25 bits per heavy atom. The molecule has 1 aliphatic rings. The van der Waals surface area contributed by atoms with Gasteiger partial charge in [-0.2, -0.15) is 0 Å². The summed E-state index contributed by atoms with van der Waals surface area (Å²) in [6.45, 7) is 1.22. The number of nitrogens with zero attached hydrogens (tertiary/aromatic N) is 3. The molecule has 1 aliphatic carbocycles. The van der Waals surface area contributed by atoms with Crippen LogP contribution in [-0.4, -0.2) is 33.5 Å². The Labute approximate surface area is 148 Å². The highest BCUT2D eigenvalue weighted by molar-refractivity contribution is 5.92. The van der Waals surface area contributed by atoms with E-state index in [0.717, 1.165) is 24.8 Å². The molecule has 0 saturated heterocycles. The van der Waals surface area contributed by atoms with Crippen LogP contribution in [0.5, 0.6) is 0 Å². The third-order valence-electron chi connectivity index (χ3n) is 4.49. The molecule has 0 spiro atoms. The van der Waals surface area contributed by atoms with E-state index in [9.17, 15) is 4.79 Å². The lowest BCUT2D eigenvalue weighted by molar-refractivity contribution is 0.0903. The van der Waals surface area contributed by atoms with E-state index in [-0.39, 0.29) is 24.4 Å². The maximum atomic E-state index is 12.4. The van der Waals surface area contributed by atoms with Gasteiger partial charge in [-0.25, -0.2) is 4.68 Å². The van der Waals surface area contributed by atoms with Gasteiger partial charge in [0.05, 0.1) is 12.7 Å². The Kier molecular flexibility index (Phi) is 6.75. The SMILES string of the molecule is Cl.NCC1CCCCC1NC(=O)c1cn(Cc2ccccc2)nn1.